The fraction of sp³-hybridized carbons (Fsp3) is 0.417. The lowest BCUT2D eigenvalue weighted by Gasteiger charge is -2.15. The molecule has 0 heterocycles. The van der Waals surface area contributed by atoms with Crippen molar-refractivity contribution >= 4 is 29.8 Å². The molecule has 0 spiro atoms. The van der Waals surface area contributed by atoms with E-state index in [0.29, 0.717) is 0 Å². The van der Waals surface area contributed by atoms with E-state index in [1.54, 1.807) is 0 Å². The molecule has 0 aliphatic heterocycles. The molecule has 0 aliphatic carbocycles. The summed E-state index contributed by atoms with van der Waals surface area (Å²) < 4.78 is 8.60. The number of carbonyl (C=O) groups is 5. The van der Waals surface area contributed by atoms with E-state index in [1.165, 1.54) is 6.92 Å². The van der Waals surface area contributed by atoms with E-state index < -0.39 is 54.9 Å². The second kappa shape index (κ2) is 8.52. The van der Waals surface area contributed by atoms with Crippen molar-refractivity contribution in [1.29, 1.82) is 0 Å². The van der Waals surface area contributed by atoms with Crippen LogP contribution in [-0.2, 0) is 33.4 Å². The second-order valence-electron chi connectivity index (χ2n) is 4.13. The third-order valence-electron chi connectivity index (χ3n) is 2.06. The molecule has 0 fully saturated rings. The number of aliphatic hydroxyl groups is 1. The molecule has 0 saturated heterocycles. The maximum Gasteiger partial charge on any atom is 0.355 e. The van der Waals surface area contributed by atoms with Crippen molar-refractivity contribution in [3.63, 3.8) is 0 Å². The van der Waals surface area contributed by atoms with Crippen molar-refractivity contribution in [2.24, 2.45) is 0 Å². The molecular formula is C12H14O10. The number of esters is 3. The molecule has 10 heteroatoms. The summed E-state index contributed by atoms with van der Waals surface area (Å²) in [5.74, 6) is -7.27. The largest absolute Gasteiger partial charge is 0.481 e. The van der Waals surface area contributed by atoms with Crippen LogP contribution in [0.3, 0.4) is 0 Å². The van der Waals surface area contributed by atoms with Crippen molar-refractivity contribution < 1.29 is 48.8 Å². The fourth-order valence-electron chi connectivity index (χ4n) is 1.04. The van der Waals surface area contributed by atoms with Crippen LogP contribution in [-0.4, -0.2) is 57.4 Å². The second-order valence-corrected chi connectivity index (χ2v) is 4.13. The van der Waals surface area contributed by atoms with Gasteiger partial charge in [0.2, 0.25) is 6.10 Å². The number of aliphatic hydroxyl groups excluding tert-OH is 1. The molecule has 0 aromatic carbocycles. The van der Waals surface area contributed by atoms with Gasteiger partial charge in [0.1, 0.15) is 0 Å². The van der Waals surface area contributed by atoms with Crippen molar-refractivity contribution in [2.45, 2.75) is 32.0 Å². The van der Waals surface area contributed by atoms with Crippen molar-refractivity contribution in [3.05, 3.63) is 12.2 Å². The highest BCUT2D eigenvalue weighted by Crippen LogP contribution is 2.07. The van der Waals surface area contributed by atoms with Gasteiger partial charge in [-0.1, -0.05) is 6.58 Å². The molecule has 2 unspecified atom stereocenters. The van der Waals surface area contributed by atoms with Gasteiger partial charge in [-0.2, -0.15) is 0 Å². The van der Waals surface area contributed by atoms with Crippen molar-refractivity contribution in [3.8, 4) is 0 Å². The van der Waals surface area contributed by atoms with E-state index in [9.17, 15) is 24.0 Å². The number of aliphatic carboxylic acids is 2. The van der Waals surface area contributed by atoms with Gasteiger partial charge in [0.15, 0.2) is 6.10 Å². The lowest BCUT2D eigenvalue weighted by molar-refractivity contribution is -0.179. The average molecular weight is 318 g/mol. The average Bonchev–Trinajstić information content (AvgIpc) is 2.35. The first-order chi connectivity index (χ1) is 10.0. The van der Waals surface area contributed by atoms with Gasteiger partial charge in [-0.25, -0.2) is 14.4 Å². The van der Waals surface area contributed by atoms with E-state index in [2.05, 4.69) is 16.1 Å². The molecule has 0 aliphatic rings. The Labute approximate surface area is 123 Å². The lowest BCUT2D eigenvalue weighted by atomic mass is 10.2. The van der Waals surface area contributed by atoms with E-state index in [-0.39, 0.29) is 5.57 Å². The van der Waals surface area contributed by atoms with Gasteiger partial charge in [0, 0.05) is 5.57 Å². The summed E-state index contributed by atoms with van der Waals surface area (Å²) in [4.78, 5) is 55.0. The Kier molecular flexibility index (Phi) is 7.45. The molecule has 0 saturated carbocycles. The van der Waals surface area contributed by atoms with Crippen molar-refractivity contribution in [1.82, 2.24) is 0 Å². The zero-order chi connectivity index (χ0) is 17.4. The Morgan fingerprint density at radius 1 is 1.00 bits per heavy atom. The summed E-state index contributed by atoms with van der Waals surface area (Å²) in [6.45, 7) is 4.47. The van der Waals surface area contributed by atoms with Gasteiger partial charge in [-0.3, -0.25) is 9.59 Å². The monoisotopic (exact) mass is 318 g/mol. The maximum absolute atomic E-state index is 11.6. The summed E-state index contributed by atoms with van der Waals surface area (Å²) in [6.07, 6.45) is -6.06. The minimum Gasteiger partial charge on any atom is -0.481 e. The molecule has 0 aromatic rings. The highest BCUT2D eigenvalue weighted by atomic mass is 16.6. The normalized spacial score (nSPS) is 12.6. The van der Waals surface area contributed by atoms with Gasteiger partial charge in [-0.05, 0) is 6.92 Å². The zero-order valence-electron chi connectivity index (χ0n) is 11.5. The number of carboxylic acids is 2. The summed E-state index contributed by atoms with van der Waals surface area (Å²) in [6, 6.07) is 0. The van der Waals surface area contributed by atoms with Crippen LogP contribution in [0.2, 0.25) is 0 Å². The summed E-state index contributed by atoms with van der Waals surface area (Å²) in [5, 5.41) is 26.1. The summed E-state index contributed by atoms with van der Waals surface area (Å²) in [7, 11) is 0. The van der Waals surface area contributed by atoms with Gasteiger partial charge in [-0.15, -0.1) is 0 Å². The molecule has 10 nitrogen and oxygen atoms in total. The zero-order valence-corrected chi connectivity index (χ0v) is 11.5. The number of ether oxygens (including phenoxy) is 2. The molecular weight excluding hydrogens is 304 g/mol. The topological polar surface area (TPSA) is 165 Å². The molecule has 0 bridgehead atoms. The standard InChI is InChI=1S/C12H14O10/c1-5(2)10(18)21-7(4-9(16)17)12(20)22-11(19)6(13)3-8(14)15/h6-7,13H,1,3-4H2,2H3,(H,14,15)(H,16,17). The molecule has 2 atom stereocenters. The number of hydrogen-bond acceptors (Lipinski definition) is 8. The molecule has 122 valence electrons. The third kappa shape index (κ3) is 7.14. The Bertz CT molecular complexity index is 506. The molecule has 0 amide bonds. The fourth-order valence-corrected chi connectivity index (χ4v) is 1.04. The molecule has 0 aromatic heterocycles. The van der Waals surface area contributed by atoms with Crippen LogP contribution < -0.4 is 0 Å². The van der Waals surface area contributed by atoms with Gasteiger partial charge in [0.25, 0.3) is 0 Å². The van der Waals surface area contributed by atoms with Crippen LogP contribution in [0.1, 0.15) is 19.8 Å². The Hall–Kier alpha value is -2.75. The summed E-state index contributed by atoms with van der Waals surface area (Å²) in [5.41, 5.74) is -0.125. The van der Waals surface area contributed by atoms with Crippen LogP contribution in [0, 0.1) is 0 Å². The van der Waals surface area contributed by atoms with Crippen LogP contribution in [0.4, 0.5) is 0 Å². The lowest BCUT2D eigenvalue weighted by Crippen LogP contribution is -2.36. The Morgan fingerprint density at radius 2 is 1.50 bits per heavy atom. The van der Waals surface area contributed by atoms with Crippen molar-refractivity contribution in [2.75, 3.05) is 0 Å². The SMILES string of the molecule is C=C(C)C(=O)OC(CC(=O)O)C(=O)OC(=O)C(O)CC(=O)O. The first kappa shape index (κ1) is 19.2. The predicted octanol–water partition coefficient (Wildman–Crippen LogP) is -1.15. The van der Waals surface area contributed by atoms with Crippen LogP contribution >= 0.6 is 0 Å². The molecule has 0 rings (SSSR count). The van der Waals surface area contributed by atoms with E-state index in [1.807, 2.05) is 0 Å². The molecule has 3 N–H and O–H groups in total. The number of rotatable bonds is 8. The maximum atomic E-state index is 11.6. The highest BCUT2D eigenvalue weighted by molar-refractivity contribution is 5.95. The Balaban J connectivity index is 4.85. The van der Waals surface area contributed by atoms with Gasteiger partial charge < -0.3 is 24.8 Å². The number of hydrogen-bond donors (Lipinski definition) is 3. The predicted molar refractivity (Wildman–Crippen MR) is 66.3 cm³/mol. The van der Waals surface area contributed by atoms with E-state index in [0.717, 1.165) is 0 Å². The Morgan fingerprint density at radius 3 is 1.91 bits per heavy atom. The smallest absolute Gasteiger partial charge is 0.355 e. The minimum atomic E-state index is -2.12. The summed E-state index contributed by atoms with van der Waals surface area (Å²) >= 11 is 0. The van der Waals surface area contributed by atoms with Crippen LogP contribution in [0.25, 0.3) is 0 Å². The van der Waals surface area contributed by atoms with E-state index in [4.69, 9.17) is 15.3 Å². The minimum absolute atomic E-state index is 0.125. The van der Waals surface area contributed by atoms with Crippen LogP contribution in [0.15, 0.2) is 12.2 Å². The molecule has 0 radical (unpaired) electrons. The van der Waals surface area contributed by atoms with Crippen LogP contribution in [0.5, 0.6) is 0 Å². The molecule has 22 heavy (non-hydrogen) atoms. The number of carboxylic acid groups (broad SMARTS) is 2. The highest BCUT2D eigenvalue weighted by Gasteiger charge is 2.32. The first-order valence-electron chi connectivity index (χ1n) is 5.78. The first-order valence-corrected chi connectivity index (χ1v) is 5.78. The quantitative estimate of drug-likeness (QED) is 0.283. The number of carbonyl (C=O) groups excluding carboxylic acids is 3. The van der Waals surface area contributed by atoms with E-state index >= 15 is 0 Å². The van der Waals surface area contributed by atoms with Gasteiger partial charge >= 0.3 is 29.8 Å². The third-order valence-corrected chi connectivity index (χ3v) is 2.06. The van der Waals surface area contributed by atoms with Gasteiger partial charge in [0.05, 0.1) is 12.8 Å².